The molecule has 0 spiro atoms. The lowest BCUT2D eigenvalue weighted by Crippen LogP contribution is -2.29. The van der Waals surface area contributed by atoms with Gasteiger partial charge in [-0.1, -0.05) is 91.0 Å². The van der Waals surface area contributed by atoms with Crippen molar-refractivity contribution in [3.63, 3.8) is 0 Å². The van der Waals surface area contributed by atoms with Crippen molar-refractivity contribution in [1.82, 2.24) is 14.3 Å². The minimum absolute atomic E-state index is 0.380. The SMILES string of the molecule is O=S1(=O)NC(O)=CN1c1ccc(-n2cc(-c3ccc(Cl)cc3Cl)nc2Cc2ccc(-c3ccc(C4CCCCC4)cc3)cc2)cc1. The van der Waals surface area contributed by atoms with Gasteiger partial charge in [0.05, 0.1) is 22.6 Å². The Morgan fingerprint density at radius 3 is 2.11 bits per heavy atom. The van der Waals surface area contributed by atoms with Crippen LogP contribution in [0.3, 0.4) is 0 Å². The topological polar surface area (TPSA) is 87.5 Å². The van der Waals surface area contributed by atoms with Crippen molar-refractivity contribution in [2.24, 2.45) is 0 Å². The van der Waals surface area contributed by atoms with Gasteiger partial charge < -0.3 is 9.67 Å². The molecule has 1 aromatic heterocycles. The smallest absolute Gasteiger partial charge is 0.330 e. The van der Waals surface area contributed by atoms with Crippen molar-refractivity contribution in [3.05, 3.63) is 136 Å². The first-order valence-corrected chi connectivity index (χ1v) is 17.5. The third-order valence-corrected chi connectivity index (χ3v) is 10.6. The maximum Gasteiger partial charge on any atom is 0.330 e. The Morgan fingerprint density at radius 2 is 1.48 bits per heavy atom. The molecule has 4 aromatic carbocycles. The van der Waals surface area contributed by atoms with Crippen LogP contribution < -0.4 is 9.03 Å². The van der Waals surface area contributed by atoms with Gasteiger partial charge in [0.1, 0.15) is 5.82 Å². The van der Waals surface area contributed by atoms with Crippen LogP contribution in [0.25, 0.3) is 28.1 Å². The summed E-state index contributed by atoms with van der Waals surface area (Å²) in [6.45, 7) is 0. The summed E-state index contributed by atoms with van der Waals surface area (Å²) in [6, 6.07) is 29.9. The molecule has 7 rings (SSSR count). The highest BCUT2D eigenvalue weighted by atomic mass is 35.5. The summed E-state index contributed by atoms with van der Waals surface area (Å²) >= 11 is 12.7. The van der Waals surface area contributed by atoms with Crippen molar-refractivity contribution >= 4 is 39.1 Å². The van der Waals surface area contributed by atoms with Gasteiger partial charge in [0, 0.05) is 28.9 Å². The van der Waals surface area contributed by atoms with Crippen LogP contribution in [0.4, 0.5) is 5.69 Å². The molecule has 0 bridgehead atoms. The fraction of sp³-hybridized carbons (Fsp3) is 0.194. The zero-order valence-corrected chi connectivity index (χ0v) is 27.2. The van der Waals surface area contributed by atoms with E-state index in [9.17, 15) is 13.5 Å². The van der Waals surface area contributed by atoms with Crippen molar-refractivity contribution in [2.45, 2.75) is 44.4 Å². The number of hydrogen-bond acceptors (Lipinski definition) is 4. The van der Waals surface area contributed by atoms with Crippen molar-refractivity contribution < 1.29 is 13.5 Å². The summed E-state index contributed by atoms with van der Waals surface area (Å²) in [5.74, 6) is 1.03. The summed E-state index contributed by atoms with van der Waals surface area (Å²) < 4.78 is 29.8. The molecule has 0 saturated heterocycles. The van der Waals surface area contributed by atoms with Crippen LogP contribution in [0.2, 0.25) is 10.0 Å². The highest BCUT2D eigenvalue weighted by Gasteiger charge is 2.28. The number of anilines is 1. The Hall–Kier alpha value is -4.24. The first-order chi connectivity index (χ1) is 22.2. The molecule has 234 valence electrons. The monoisotopic (exact) mass is 670 g/mol. The molecule has 1 aliphatic heterocycles. The normalized spacial score (nSPS) is 16.3. The van der Waals surface area contributed by atoms with Crippen LogP contribution in [-0.2, 0) is 16.6 Å². The largest absolute Gasteiger partial charge is 0.493 e. The number of aliphatic hydroxyl groups excluding tert-OH is 1. The predicted octanol–water partition coefficient (Wildman–Crippen LogP) is 9.16. The molecule has 1 aliphatic carbocycles. The quantitative estimate of drug-likeness (QED) is 0.181. The van der Waals surface area contributed by atoms with Gasteiger partial charge in [0.2, 0.25) is 5.88 Å². The lowest BCUT2D eigenvalue weighted by atomic mass is 9.83. The molecule has 0 amide bonds. The van der Waals surface area contributed by atoms with E-state index >= 15 is 0 Å². The van der Waals surface area contributed by atoms with Gasteiger partial charge in [0.15, 0.2) is 0 Å². The zero-order valence-electron chi connectivity index (χ0n) is 24.9. The molecule has 5 aromatic rings. The number of rotatable bonds is 7. The number of benzene rings is 4. The van der Waals surface area contributed by atoms with Crippen molar-refractivity contribution in [3.8, 4) is 28.1 Å². The van der Waals surface area contributed by atoms with Crippen LogP contribution in [0.1, 0.15) is 55.0 Å². The first-order valence-electron chi connectivity index (χ1n) is 15.3. The Labute approximate surface area is 278 Å². The third-order valence-electron chi connectivity index (χ3n) is 8.74. The molecule has 1 fully saturated rings. The summed E-state index contributed by atoms with van der Waals surface area (Å²) in [5.41, 5.74) is 7.52. The van der Waals surface area contributed by atoms with E-state index in [1.807, 2.05) is 29.0 Å². The molecule has 0 atom stereocenters. The van der Waals surface area contributed by atoms with E-state index < -0.39 is 16.1 Å². The molecule has 2 heterocycles. The Bertz CT molecular complexity index is 2020. The van der Waals surface area contributed by atoms with E-state index in [-0.39, 0.29) is 0 Å². The molecule has 0 radical (unpaired) electrons. The number of imidazole rings is 1. The maximum atomic E-state index is 12.4. The second-order valence-electron chi connectivity index (χ2n) is 11.8. The number of halogens is 2. The lowest BCUT2D eigenvalue weighted by molar-refractivity contribution is 0.392. The molecule has 46 heavy (non-hydrogen) atoms. The zero-order chi connectivity index (χ0) is 31.8. The van der Waals surface area contributed by atoms with Gasteiger partial charge in [0.25, 0.3) is 0 Å². The second kappa shape index (κ2) is 12.5. The summed E-state index contributed by atoms with van der Waals surface area (Å²) in [4.78, 5) is 4.99. The van der Waals surface area contributed by atoms with Gasteiger partial charge >= 0.3 is 10.2 Å². The number of hydrogen-bond donors (Lipinski definition) is 2. The average molecular weight is 672 g/mol. The summed E-state index contributed by atoms with van der Waals surface area (Å²) in [6.07, 6.45) is 10.2. The van der Waals surface area contributed by atoms with Gasteiger partial charge in [-0.15, -0.1) is 0 Å². The van der Waals surface area contributed by atoms with E-state index in [1.54, 1.807) is 24.3 Å². The van der Waals surface area contributed by atoms with Crippen molar-refractivity contribution in [1.29, 1.82) is 0 Å². The van der Waals surface area contributed by atoms with Gasteiger partial charge in [-0.3, -0.25) is 0 Å². The van der Waals surface area contributed by atoms with E-state index in [2.05, 4.69) is 53.3 Å². The fourth-order valence-electron chi connectivity index (χ4n) is 6.34. The maximum absolute atomic E-state index is 12.4. The van der Waals surface area contributed by atoms with Crippen LogP contribution in [0.5, 0.6) is 0 Å². The minimum Gasteiger partial charge on any atom is -0.493 e. The second-order valence-corrected chi connectivity index (χ2v) is 14.2. The minimum atomic E-state index is -3.89. The number of aliphatic hydroxyl groups is 1. The molecule has 0 unspecified atom stereocenters. The summed E-state index contributed by atoms with van der Waals surface area (Å²) in [7, 11) is -3.89. The molecular weight excluding hydrogens is 639 g/mol. The van der Waals surface area contributed by atoms with Crippen LogP contribution in [0, 0.1) is 0 Å². The Balaban J connectivity index is 1.17. The Morgan fingerprint density at radius 1 is 0.826 bits per heavy atom. The van der Waals surface area contributed by atoms with E-state index in [1.165, 1.54) is 43.2 Å². The van der Waals surface area contributed by atoms with Gasteiger partial charge in [-0.2, -0.15) is 8.42 Å². The first kappa shape index (κ1) is 30.4. The van der Waals surface area contributed by atoms with Crippen LogP contribution >= 0.6 is 23.2 Å². The summed E-state index contributed by atoms with van der Waals surface area (Å²) in [5, 5.41) is 10.7. The van der Waals surface area contributed by atoms with E-state index in [0.29, 0.717) is 33.8 Å². The molecular formula is C36H32Cl2N4O3S. The highest BCUT2D eigenvalue weighted by Crippen LogP contribution is 2.35. The molecule has 2 N–H and O–H groups in total. The highest BCUT2D eigenvalue weighted by molar-refractivity contribution is 7.91. The number of aromatic nitrogens is 2. The van der Waals surface area contributed by atoms with E-state index in [4.69, 9.17) is 28.2 Å². The Kier molecular flexibility index (Phi) is 8.27. The molecule has 10 heteroatoms. The number of nitrogens with one attached hydrogen (secondary N) is 1. The number of nitrogens with zero attached hydrogens (tertiary/aromatic N) is 3. The lowest BCUT2D eigenvalue weighted by Gasteiger charge is -2.22. The molecule has 1 saturated carbocycles. The third kappa shape index (κ3) is 6.25. The van der Waals surface area contributed by atoms with E-state index in [0.717, 1.165) is 38.7 Å². The van der Waals surface area contributed by atoms with Crippen LogP contribution in [-0.4, -0.2) is 23.1 Å². The molecule has 7 nitrogen and oxygen atoms in total. The van der Waals surface area contributed by atoms with Crippen LogP contribution in [0.15, 0.2) is 109 Å². The predicted molar refractivity (Wildman–Crippen MR) is 185 cm³/mol. The standard InChI is InChI=1S/C36H32Cl2N4O3S/c37-29-14-19-32(33(38)21-29)34-22-41(30-15-17-31(18-16-30)42-23-36(43)40-46(42,44)45)35(39-34)20-24-6-8-26(9-7-24)28-12-10-27(11-13-28)25-4-2-1-3-5-25/h6-19,21-23,25,40,43H,1-5,20H2. The molecule has 2 aliphatic rings. The average Bonchev–Trinajstić information content (AvgIpc) is 3.60. The van der Waals surface area contributed by atoms with Crippen molar-refractivity contribution in [2.75, 3.05) is 4.31 Å². The van der Waals surface area contributed by atoms with Gasteiger partial charge in [-0.25, -0.2) is 14.0 Å². The van der Waals surface area contributed by atoms with Gasteiger partial charge in [-0.05, 0) is 83.5 Å². The fourth-order valence-corrected chi connectivity index (χ4v) is 7.90.